The molecular weight excluding hydrogens is 275 g/mol. The zero-order valence-electron chi connectivity index (χ0n) is 11.9. The van der Waals surface area contributed by atoms with E-state index in [0.717, 1.165) is 0 Å². The van der Waals surface area contributed by atoms with Crippen LogP contribution < -0.4 is 5.32 Å². The first-order valence-electron chi connectivity index (χ1n) is 6.37. The molecule has 0 aromatic carbocycles. The maximum absolute atomic E-state index is 11.8. The highest BCUT2D eigenvalue weighted by Gasteiger charge is 2.27. The van der Waals surface area contributed by atoms with Gasteiger partial charge in [-0.15, -0.1) is 0 Å². The zero-order valence-corrected chi connectivity index (χ0v) is 11.9. The standard InChI is InChI=1S/C12H20F3N3O2/c1-11(2,3)16-6-4-10-17-9(18-20-10)5-7-19-8-12(13,14)15/h16H,4-8H2,1-3H3. The number of nitrogens with one attached hydrogen (secondary N) is 1. The van der Waals surface area contributed by atoms with Crippen molar-refractivity contribution in [2.45, 2.75) is 45.3 Å². The molecule has 0 radical (unpaired) electrons. The smallest absolute Gasteiger partial charge is 0.372 e. The Labute approximate surface area is 115 Å². The number of rotatable bonds is 7. The highest BCUT2D eigenvalue weighted by atomic mass is 19.4. The molecule has 0 fully saturated rings. The largest absolute Gasteiger partial charge is 0.411 e. The van der Waals surface area contributed by atoms with Crippen LogP contribution in [-0.2, 0) is 17.6 Å². The van der Waals surface area contributed by atoms with Crippen molar-refractivity contribution in [3.05, 3.63) is 11.7 Å². The Morgan fingerprint density at radius 2 is 1.90 bits per heavy atom. The van der Waals surface area contributed by atoms with E-state index >= 15 is 0 Å². The molecule has 1 rings (SSSR count). The second-order valence-corrected chi connectivity index (χ2v) is 5.45. The van der Waals surface area contributed by atoms with Crippen molar-refractivity contribution < 1.29 is 22.4 Å². The fourth-order valence-corrected chi connectivity index (χ4v) is 1.39. The van der Waals surface area contributed by atoms with Crippen molar-refractivity contribution in [1.29, 1.82) is 0 Å². The number of halogens is 3. The summed E-state index contributed by atoms with van der Waals surface area (Å²) in [7, 11) is 0. The van der Waals surface area contributed by atoms with Gasteiger partial charge in [0.2, 0.25) is 5.89 Å². The maximum atomic E-state index is 11.8. The molecule has 0 saturated carbocycles. The number of hydrogen-bond acceptors (Lipinski definition) is 5. The van der Waals surface area contributed by atoms with Crippen LogP contribution in [0.3, 0.4) is 0 Å². The predicted molar refractivity (Wildman–Crippen MR) is 66.3 cm³/mol. The molecule has 0 aliphatic rings. The first kappa shape index (κ1) is 16.9. The van der Waals surface area contributed by atoms with Crippen LogP contribution in [0.15, 0.2) is 4.52 Å². The van der Waals surface area contributed by atoms with Gasteiger partial charge in [-0.3, -0.25) is 0 Å². The highest BCUT2D eigenvalue weighted by Crippen LogP contribution is 2.14. The van der Waals surface area contributed by atoms with Gasteiger partial charge in [-0.1, -0.05) is 5.16 Å². The van der Waals surface area contributed by atoms with Crippen molar-refractivity contribution in [3.8, 4) is 0 Å². The lowest BCUT2D eigenvalue weighted by Gasteiger charge is -2.19. The van der Waals surface area contributed by atoms with Gasteiger partial charge in [-0.25, -0.2) is 0 Å². The van der Waals surface area contributed by atoms with Gasteiger partial charge < -0.3 is 14.6 Å². The molecule has 0 spiro atoms. The fourth-order valence-electron chi connectivity index (χ4n) is 1.39. The van der Waals surface area contributed by atoms with Gasteiger partial charge in [-0.05, 0) is 20.8 Å². The van der Waals surface area contributed by atoms with E-state index in [9.17, 15) is 13.2 Å². The summed E-state index contributed by atoms with van der Waals surface area (Å²) < 4.78 is 45.0. The Bertz CT molecular complexity index is 399. The molecule has 0 amide bonds. The number of hydrogen-bond donors (Lipinski definition) is 1. The lowest BCUT2D eigenvalue weighted by atomic mass is 10.1. The van der Waals surface area contributed by atoms with Gasteiger partial charge in [-0.2, -0.15) is 18.2 Å². The molecule has 116 valence electrons. The average Bonchev–Trinajstić information content (AvgIpc) is 2.69. The molecule has 0 aliphatic carbocycles. The average molecular weight is 295 g/mol. The van der Waals surface area contributed by atoms with E-state index < -0.39 is 12.8 Å². The molecule has 0 saturated heterocycles. The van der Waals surface area contributed by atoms with E-state index in [2.05, 4.69) is 20.2 Å². The molecule has 0 bridgehead atoms. The van der Waals surface area contributed by atoms with Crippen LogP contribution in [0.4, 0.5) is 13.2 Å². The lowest BCUT2D eigenvalue weighted by Crippen LogP contribution is -2.37. The van der Waals surface area contributed by atoms with E-state index in [1.165, 1.54) is 0 Å². The number of aromatic nitrogens is 2. The summed E-state index contributed by atoms with van der Waals surface area (Å²) in [6.07, 6.45) is -3.53. The number of ether oxygens (including phenoxy) is 1. The second kappa shape index (κ2) is 7.03. The lowest BCUT2D eigenvalue weighted by molar-refractivity contribution is -0.173. The van der Waals surface area contributed by atoms with Gasteiger partial charge in [0.05, 0.1) is 6.61 Å². The van der Waals surface area contributed by atoms with Crippen LogP contribution in [0.5, 0.6) is 0 Å². The monoisotopic (exact) mass is 295 g/mol. The third-order valence-corrected chi connectivity index (χ3v) is 2.24. The van der Waals surface area contributed by atoms with Gasteiger partial charge >= 0.3 is 6.18 Å². The molecule has 20 heavy (non-hydrogen) atoms. The summed E-state index contributed by atoms with van der Waals surface area (Å²) in [6, 6.07) is 0. The van der Waals surface area contributed by atoms with Crippen LogP contribution in [0.25, 0.3) is 0 Å². The summed E-state index contributed by atoms with van der Waals surface area (Å²) in [4.78, 5) is 4.08. The van der Waals surface area contributed by atoms with Crippen molar-refractivity contribution in [2.75, 3.05) is 19.8 Å². The summed E-state index contributed by atoms with van der Waals surface area (Å²) in [5, 5.41) is 6.96. The summed E-state index contributed by atoms with van der Waals surface area (Å²) in [6.45, 7) is 5.49. The highest BCUT2D eigenvalue weighted by molar-refractivity contribution is 4.87. The normalized spacial score (nSPS) is 12.9. The molecule has 1 aromatic heterocycles. The number of alkyl halides is 3. The number of nitrogens with zero attached hydrogens (tertiary/aromatic N) is 2. The van der Waals surface area contributed by atoms with Gasteiger partial charge in [0, 0.05) is 24.9 Å². The first-order chi connectivity index (χ1) is 9.16. The fraction of sp³-hybridized carbons (Fsp3) is 0.833. The van der Waals surface area contributed by atoms with Crippen molar-refractivity contribution in [2.24, 2.45) is 0 Å². The zero-order chi connectivity index (χ0) is 15.2. The molecule has 8 heteroatoms. The summed E-state index contributed by atoms with van der Waals surface area (Å²) >= 11 is 0. The molecule has 0 unspecified atom stereocenters. The van der Waals surface area contributed by atoms with E-state index in [1.807, 2.05) is 20.8 Å². The Kier molecular flexibility index (Phi) is 5.94. The molecule has 1 aromatic rings. The summed E-state index contributed by atoms with van der Waals surface area (Å²) in [5.41, 5.74) is 0.00822. The summed E-state index contributed by atoms with van der Waals surface area (Å²) in [5.74, 6) is 0.825. The topological polar surface area (TPSA) is 60.2 Å². The van der Waals surface area contributed by atoms with Crippen LogP contribution in [0.2, 0.25) is 0 Å². The van der Waals surface area contributed by atoms with E-state index in [0.29, 0.717) is 24.7 Å². The minimum atomic E-state index is -4.30. The molecule has 0 aliphatic heterocycles. The van der Waals surface area contributed by atoms with Gasteiger partial charge in [0.1, 0.15) is 6.61 Å². The van der Waals surface area contributed by atoms with Gasteiger partial charge in [0.15, 0.2) is 5.82 Å². The van der Waals surface area contributed by atoms with Crippen LogP contribution >= 0.6 is 0 Å². The Hall–Kier alpha value is -1.15. The van der Waals surface area contributed by atoms with E-state index in [-0.39, 0.29) is 18.6 Å². The van der Waals surface area contributed by atoms with E-state index in [4.69, 9.17) is 4.52 Å². The molecule has 0 atom stereocenters. The molecule has 1 heterocycles. The van der Waals surface area contributed by atoms with Gasteiger partial charge in [0.25, 0.3) is 0 Å². The van der Waals surface area contributed by atoms with Crippen molar-refractivity contribution in [3.63, 3.8) is 0 Å². The van der Waals surface area contributed by atoms with Crippen LogP contribution in [0.1, 0.15) is 32.5 Å². The molecule has 1 N–H and O–H groups in total. The predicted octanol–water partition coefficient (Wildman–Crippen LogP) is 2.12. The first-order valence-corrected chi connectivity index (χ1v) is 6.37. The third-order valence-electron chi connectivity index (χ3n) is 2.24. The molecule has 5 nitrogen and oxygen atoms in total. The molecular formula is C12H20F3N3O2. The van der Waals surface area contributed by atoms with E-state index in [1.54, 1.807) is 0 Å². The van der Waals surface area contributed by atoms with Crippen LogP contribution in [0, 0.1) is 0 Å². The van der Waals surface area contributed by atoms with Crippen LogP contribution in [-0.4, -0.2) is 41.6 Å². The second-order valence-electron chi connectivity index (χ2n) is 5.45. The minimum absolute atomic E-state index is 0.00822. The Morgan fingerprint density at radius 3 is 2.50 bits per heavy atom. The Balaban J connectivity index is 2.22. The maximum Gasteiger partial charge on any atom is 0.411 e. The third kappa shape index (κ3) is 8.11. The minimum Gasteiger partial charge on any atom is -0.372 e. The van der Waals surface area contributed by atoms with Crippen molar-refractivity contribution in [1.82, 2.24) is 15.5 Å². The van der Waals surface area contributed by atoms with Crippen molar-refractivity contribution >= 4 is 0 Å². The quantitative estimate of drug-likeness (QED) is 0.781. The SMILES string of the molecule is CC(C)(C)NCCc1nc(CCOCC(F)(F)F)no1. The Morgan fingerprint density at radius 1 is 1.20 bits per heavy atom.